The Morgan fingerprint density at radius 3 is 2.85 bits per heavy atom. The molecule has 4 heteroatoms. The van der Waals surface area contributed by atoms with Crippen LogP contribution in [0.2, 0.25) is 0 Å². The fourth-order valence-electron chi connectivity index (χ4n) is 3.14. The molecule has 1 saturated carbocycles. The minimum absolute atomic E-state index is 0.0184. The third-order valence-electron chi connectivity index (χ3n) is 4.53. The summed E-state index contributed by atoms with van der Waals surface area (Å²) in [6.07, 6.45) is 4.83. The summed E-state index contributed by atoms with van der Waals surface area (Å²) in [5.41, 5.74) is 0.273. The molecule has 1 aliphatic carbocycles. The van der Waals surface area contributed by atoms with E-state index in [1.807, 2.05) is 6.07 Å². The first kappa shape index (κ1) is 13.6. The molecular weight excluding hydrogens is 257 g/mol. The van der Waals surface area contributed by atoms with Crippen molar-refractivity contribution in [2.24, 2.45) is 0 Å². The first-order valence-corrected chi connectivity index (χ1v) is 7.37. The molecule has 3 rings (SSSR count). The van der Waals surface area contributed by atoms with Crippen molar-refractivity contribution in [2.75, 3.05) is 13.2 Å². The molecule has 0 bridgehead atoms. The number of halogens is 1. The number of nitrogens with one attached hydrogen (secondary N) is 1. The lowest BCUT2D eigenvalue weighted by atomic mass is 9.64. The summed E-state index contributed by atoms with van der Waals surface area (Å²) in [6, 6.07) is 6.44. The van der Waals surface area contributed by atoms with E-state index in [9.17, 15) is 9.18 Å². The van der Waals surface area contributed by atoms with Crippen molar-refractivity contribution in [3.05, 3.63) is 35.6 Å². The molecule has 1 aromatic carbocycles. The van der Waals surface area contributed by atoms with Gasteiger partial charge in [0, 0.05) is 13.2 Å². The van der Waals surface area contributed by atoms with Gasteiger partial charge in [0.1, 0.15) is 5.82 Å². The van der Waals surface area contributed by atoms with Crippen LogP contribution in [0, 0.1) is 5.82 Å². The topological polar surface area (TPSA) is 38.3 Å². The van der Waals surface area contributed by atoms with Gasteiger partial charge in [0.25, 0.3) is 0 Å². The lowest BCUT2D eigenvalue weighted by Crippen LogP contribution is -2.50. The first-order chi connectivity index (χ1) is 9.71. The number of hydrogen-bond donors (Lipinski definition) is 1. The average Bonchev–Trinajstić information content (AvgIpc) is 2.88. The van der Waals surface area contributed by atoms with Crippen molar-refractivity contribution < 1.29 is 13.9 Å². The highest BCUT2D eigenvalue weighted by Crippen LogP contribution is 2.44. The Kier molecular flexibility index (Phi) is 3.74. The van der Waals surface area contributed by atoms with Crippen molar-refractivity contribution in [1.82, 2.24) is 5.32 Å². The Hall–Kier alpha value is -1.42. The molecule has 1 unspecified atom stereocenters. The predicted octanol–water partition coefficient (Wildman–Crippen LogP) is 2.54. The van der Waals surface area contributed by atoms with Gasteiger partial charge in [-0.2, -0.15) is 0 Å². The fourth-order valence-corrected chi connectivity index (χ4v) is 3.14. The zero-order chi connectivity index (χ0) is 14.0. The van der Waals surface area contributed by atoms with Gasteiger partial charge in [0.05, 0.1) is 11.5 Å². The molecule has 2 aliphatic rings. The van der Waals surface area contributed by atoms with Crippen LogP contribution in [0.25, 0.3) is 0 Å². The molecule has 0 aromatic heterocycles. The molecule has 0 spiro atoms. The Bertz CT molecular complexity index is 493. The SMILES string of the molecule is O=C(NCC1CCCO1)C1(c2cccc(F)c2)CCC1. The summed E-state index contributed by atoms with van der Waals surface area (Å²) in [5, 5.41) is 3.00. The van der Waals surface area contributed by atoms with E-state index in [2.05, 4.69) is 5.32 Å². The van der Waals surface area contributed by atoms with Crippen LogP contribution in [-0.2, 0) is 14.9 Å². The highest BCUT2D eigenvalue weighted by molar-refractivity contribution is 5.89. The minimum atomic E-state index is -0.527. The monoisotopic (exact) mass is 277 g/mol. The molecule has 1 aliphatic heterocycles. The van der Waals surface area contributed by atoms with Crippen LogP contribution in [0.1, 0.15) is 37.7 Å². The molecule has 20 heavy (non-hydrogen) atoms. The van der Waals surface area contributed by atoms with Crippen molar-refractivity contribution in [3.8, 4) is 0 Å². The van der Waals surface area contributed by atoms with E-state index in [4.69, 9.17) is 4.74 Å². The Balaban J connectivity index is 1.69. The predicted molar refractivity (Wildman–Crippen MR) is 73.9 cm³/mol. The number of amides is 1. The summed E-state index contributed by atoms with van der Waals surface area (Å²) in [5.74, 6) is -0.259. The molecular formula is C16H20FNO2. The molecule has 2 fully saturated rings. The second-order valence-electron chi connectivity index (χ2n) is 5.79. The number of carbonyl (C=O) groups excluding carboxylic acids is 1. The molecule has 1 heterocycles. The molecule has 0 radical (unpaired) electrons. The number of carbonyl (C=O) groups is 1. The molecule has 3 nitrogen and oxygen atoms in total. The summed E-state index contributed by atoms with van der Waals surface area (Å²) in [7, 11) is 0. The molecule has 1 amide bonds. The van der Waals surface area contributed by atoms with Crippen molar-refractivity contribution in [3.63, 3.8) is 0 Å². The van der Waals surface area contributed by atoms with Crippen LogP contribution < -0.4 is 5.32 Å². The van der Waals surface area contributed by atoms with Gasteiger partial charge in [-0.1, -0.05) is 18.6 Å². The Morgan fingerprint density at radius 2 is 2.25 bits per heavy atom. The van der Waals surface area contributed by atoms with E-state index in [0.29, 0.717) is 6.54 Å². The lowest BCUT2D eigenvalue weighted by Gasteiger charge is -2.41. The van der Waals surface area contributed by atoms with Gasteiger partial charge in [0.2, 0.25) is 5.91 Å². The van der Waals surface area contributed by atoms with Crippen LogP contribution in [0.15, 0.2) is 24.3 Å². The normalized spacial score (nSPS) is 24.1. The van der Waals surface area contributed by atoms with E-state index < -0.39 is 5.41 Å². The molecule has 1 aromatic rings. The highest BCUT2D eigenvalue weighted by Gasteiger charge is 2.45. The fraction of sp³-hybridized carbons (Fsp3) is 0.562. The van der Waals surface area contributed by atoms with E-state index in [1.165, 1.54) is 12.1 Å². The smallest absolute Gasteiger partial charge is 0.230 e. The summed E-state index contributed by atoms with van der Waals surface area (Å²) < 4.78 is 18.9. The van der Waals surface area contributed by atoms with E-state index in [0.717, 1.165) is 44.3 Å². The molecule has 1 saturated heterocycles. The van der Waals surface area contributed by atoms with Crippen LogP contribution in [0.3, 0.4) is 0 Å². The van der Waals surface area contributed by atoms with Crippen LogP contribution in [0.4, 0.5) is 4.39 Å². The van der Waals surface area contributed by atoms with Gasteiger partial charge in [0.15, 0.2) is 0 Å². The third kappa shape index (κ3) is 2.44. The highest BCUT2D eigenvalue weighted by atomic mass is 19.1. The van der Waals surface area contributed by atoms with E-state index in [-0.39, 0.29) is 17.8 Å². The largest absolute Gasteiger partial charge is 0.376 e. The van der Waals surface area contributed by atoms with Crippen LogP contribution in [-0.4, -0.2) is 25.2 Å². The summed E-state index contributed by atoms with van der Waals surface area (Å²) >= 11 is 0. The number of ether oxygens (including phenoxy) is 1. The van der Waals surface area contributed by atoms with Crippen molar-refractivity contribution in [2.45, 2.75) is 43.6 Å². The zero-order valence-corrected chi connectivity index (χ0v) is 11.5. The zero-order valence-electron chi connectivity index (χ0n) is 11.5. The molecule has 1 atom stereocenters. The van der Waals surface area contributed by atoms with E-state index >= 15 is 0 Å². The average molecular weight is 277 g/mol. The van der Waals surface area contributed by atoms with Crippen molar-refractivity contribution in [1.29, 1.82) is 0 Å². The van der Waals surface area contributed by atoms with Gasteiger partial charge in [-0.15, -0.1) is 0 Å². The first-order valence-electron chi connectivity index (χ1n) is 7.37. The Morgan fingerprint density at radius 1 is 1.40 bits per heavy atom. The van der Waals surface area contributed by atoms with Gasteiger partial charge in [-0.3, -0.25) is 4.79 Å². The number of rotatable bonds is 4. The van der Waals surface area contributed by atoms with Crippen molar-refractivity contribution >= 4 is 5.91 Å². The number of hydrogen-bond acceptors (Lipinski definition) is 2. The quantitative estimate of drug-likeness (QED) is 0.918. The second-order valence-corrected chi connectivity index (χ2v) is 5.79. The number of benzene rings is 1. The minimum Gasteiger partial charge on any atom is -0.376 e. The van der Waals surface area contributed by atoms with Gasteiger partial charge in [-0.05, 0) is 43.4 Å². The summed E-state index contributed by atoms with van der Waals surface area (Å²) in [4.78, 5) is 12.5. The second kappa shape index (κ2) is 5.52. The summed E-state index contributed by atoms with van der Waals surface area (Å²) in [6.45, 7) is 1.35. The molecule has 1 N–H and O–H groups in total. The van der Waals surface area contributed by atoms with Gasteiger partial charge < -0.3 is 10.1 Å². The van der Waals surface area contributed by atoms with Gasteiger partial charge in [-0.25, -0.2) is 4.39 Å². The maximum Gasteiger partial charge on any atom is 0.230 e. The standard InChI is InChI=1S/C16H20FNO2/c17-13-5-1-4-12(10-13)16(7-3-8-16)15(19)18-11-14-6-2-9-20-14/h1,4-5,10,14H,2-3,6-9,11H2,(H,18,19). The maximum atomic E-state index is 13.4. The van der Waals surface area contributed by atoms with Crippen LogP contribution >= 0.6 is 0 Å². The van der Waals surface area contributed by atoms with Crippen LogP contribution in [0.5, 0.6) is 0 Å². The third-order valence-corrected chi connectivity index (χ3v) is 4.53. The Labute approximate surface area is 118 Å². The maximum absolute atomic E-state index is 13.4. The lowest BCUT2D eigenvalue weighted by molar-refractivity contribution is -0.130. The van der Waals surface area contributed by atoms with E-state index in [1.54, 1.807) is 6.07 Å². The molecule has 108 valence electrons. The van der Waals surface area contributed by atoms with Gasteiger partial charge >= 0.3 is 0 Å².